The molecule has 0 saturated carbocycles. The van der Waals surface area contributed by atoms with E-state index in [2.05, 4.69) is 25.7 Å². The van der Waals surface area contributed by atoms with Crippen molar-refractivity contribution in [1.82, 2.24) is 25.1 Å². The molecular weight excluding hydrogens is 470 g/mol. The van der Waals surface area contributed by atoms with Crippen molar-refractivity contribution in [2.24, 2.45) is 7.05 Å². The molecule has 1 aliphatic heterocycles. The van der Waals surface area contributed by atoms with E-state index >= 15 is 0 Å². The summed E-state index contributed by atoms with van der Waals surface area (Å²) in [6.07, 6.45) is 3.82. The number of benzene rings is 2. The van der Waals surface area contributed by atoms with Crippen LogP contribution in [0, 0.1) is 11.6 Å². The molecule has 0 radical (unpaired) electrons. The van der Waals surface area contributed by atoms with Gasteiger partial charge in [-0.1, -0.05) is 0 Å². The lowest BCUT2D eigenvalue weighted by molar-refractivity contribution is 0.0950. The summed E-state index contributed by atoms with van der Waals surface area (Å²) in [6.45, 7) is 1.32. The van der Waals surface area contributed by atoms with E-state index in [-0.39, 0.29) is 29.3 Å². The minimum atomic E-state index is -0.593. The maximum Gasteiger partial charge on any atom is 0.251 e. The molecular formula is C25H24F2N6O3. The molecule has 1 atom stereocenters. The number of fused-ring (bicyclic) bond motifs is 1. The number of aryl methyl sites for hydroxylation is 1. The number of rotatable bonds is 7. The van der Waals surface area contributed by atoms with E-state index in [1.54, 1.807) is 24.0 Å². The summed E-state index contributed by atoms with van der Waals surface area (Å²) in [5.74, 6) is -1.10. The Bertz CT molecular complexity index is 1440. The van der Waals surface area contributed by atoms with E-state index in [1.807, 2.05) is 0 Å². The average molecular weight is 495 g/mol. The summed E-state index contributed by atoms with van der Waals surface area (Å²) in [7, 11) is 3.12. The minimum Gasteiger partial charge on any atom is -0.494 e. The molecule has 0 aliphatic carbocycles. The number of nitrogens with one attached hydrogen (secondary N) is 2. The van der Waals surface area contributed by atoms with E-state index in [0.717, 1.165) is 12.5 Å². The van der Waals surface area contributed by atoms with Gasteiger partial charge in [0.1, 0.15) is 5.82 Å². The number of amides is 1. The Hall–Kier alpha value is -4.12. The summed E-state index contributed by atoms with van der Waals surface area (Å²) in [5, 5.41) is 10.4. The topological polar surface area (TPSA) is 103 Å². The van der Waals surface area contributed by atoms with Crippen LogP contribution in [0.25, 0.3) is 22.2 Å². The Balaban J connectivity index is 1.35. The van der Waals surface area contributed by atoms with Crippen LogP contribution in [0.3, 0.4) is 0 Å². The Labute approximate surface area is 205 Å². The number of ether oxygens (including phenoxy) is 2. The highest BCUT2D eigenvalue weighted by Crippen LogP contribution is 2.28. The van der Waals surface area contributed by atoms with Crippen molar-refractivity contribution < 1.29 is 23.0 Å². The fourth-order valence-electron chi connectivity index (χ4n) is 4.20. The Morgan fingerprint density at radius 3 is 2.83 bits per heavy atom. The number of carbonyl (C=O) groups excluding carboxylic acids is 1. The predicted octanol–water partition coefficient (Wildman–Crippen LogP) is 3.45. The van der Waals surface area contributed by atoms with Gasteiger partial charge < -0.3 is 20.1 Å². The molecule has 1 aliphatic rings. The average Bonchev–Trinajstić information content (AvgIpc) is 3.51. The quantitative estimate of drug-likeness (QED) is 0.406. The number of anilines is 1. The van der Waals surface area contributed by atoms with Crippen LogP contribution < -0.4 is 15.4 Å². The summed E-state index contributed by atoms with van der Waals surface area (Å²) < 4.78 is 40.9. The fourth-order valence-corrected chi connectivity index (χ4v) is 4.20. The highest BCUT2D eigenvalue weighted by Gasteiger charge is 2.19. The van der Waals surface area contributed by atoms with Crippen LogP contribution in [0.1, 0.15) is 22.3 Å². The van der Waals surface area contributed by atoms with Gasteiger partial charge in [0.2, 0.25) is 5.95 Å². The van der Waals surface area contributed by atoms with E-state index < -0.39 is 17.5 Å². The Morgan fingerprint density at radius 1 is 1.22 bits per heavy atom. The zero-order chi connectivity index (χ0) is 25.2. The number of hydrogen-bond acceptors (Lipinski definition) is 7. The van der Waals surface area contributed by atoms with Gasteiger partial charge in [-0.2, -0.15) is 5.10 Å². The van der Waals surface area contributed by atoms with Gasteiger partial charge in [0.05, 0.1) is 42.6 Å². The largest absolute Gasteiger partial charge is 0.494 e. The van der Waals surface area contributed by atoms with Crippen LogP contribution in [-0.4, -0.2) is 52.0 Å². The first-order valence-electron chi connectivity index (χ1n) is 11.4. The first-order chi connectivity index (χ1) is 17.4. The number of nitrogens with zero attached hydrogens (tertiary/aromatic N) is 4. The van der Waals surface area contributed by atoms with Crippen LogP contribution in [-0.2, 0) is 18.3 Å². The van der Waals surface area contributed by atoms with Crippen molar-refractivity contribution in [3.63, 3.8) is 0 Å². The molecule has 9 nitrogen and oxygen atoms in total. The number of aromatic nitrogens is 4. The van der Waals surface area contributed by atoms with Gasteiger partial charge in [-0.25, -0.2) is 18.7 Å². The monoisotopic (exact) mass is 494 g/mol. The molecule has 2 aromatic heterocycles. The van der Waals surface area contributed by atoms with E-state index in [1.165, 1.54) is 31.5 Å². The molecule has 1 amide bonds. The third kappa shape index (κ3) is 4.69. The fraction of sp³-hybridized carbons (Fsp3) is 0.280. The molecule has 0 bridgehead atoms. The van der Waals surface area contributed by atoms with Crippen molar-refractivity contribution in [1.29, 1.82) is 0 Å². The van der Waals surface area contributed by atoms with Crippen molar-refractivity contribution in [2.45, 2.75) is 19.0 Å². The molecule has 0 spiro atoms. The highest BCUT2D eigenvalue weighted by molar-refractivity contribution is 5.98. The van der Waals surface area contributed by atoms with Crippen molar-refractivity contribution in [3.8, 4) is 17.0 Å². The minimum absolute atomic E-state index is 0.0895. The lowest BCUT2D eigenvalue weighted by atomic mass is 10.1. The second-order valence-electron chi connectivity index (χ2n) is 8.46. The van der Waals surface area contributed by atoms with Crippen molar-refractivity contribution in [2.75, 3.05) is 25.6 Å². The molecule has 3 heterocycles. The highest BCUT2D eigenvalue weighted by atomic mass is 19.1. The lowest BCUT2D eigenvalue weighted by Gasteiger charge is -2.12. The van der Waals surface area contributed by atoms with Crippen LogP contribution in [0.2, 0.25) is 0 Å². The standard InChI is InChI=1S/C25H24F2N6O3/c1-33-23(14-3-4-22(35-2)20(27)7-14)16(11-30-33)10-28-24(34)15-8-19(26)18-12-29-25(32-21(18)9-15)31-17-5-6-36-13-17/h3-4,7-9,11-12,17H,5-6,10,13H2,1-2H3,(H,28,34)(H,29,31,32)/t17-/m1/s1. The number of carbonyl (C=O) groups is 1. The maximum absolute atomic E-state index is 14.7. The number of hydrogen-bond donors (Lipinski definition) is 2. The van der Waals surface area contributed by atoms with Gasteiger partial charge in [0.15, 0.2) is 11.6 Å². The van der Waals surface area contributed by atoms with Crippen LogP contribution in [0.4, 0.5) is 14.7 Å². The van der Waals surface area contributed by atoms with Gasteiger partial charge in [-0.3, -0.25) is 9.48 Å². The molecule has 1 fully saturated rings. The molecule has 1 saturated heterocycles. The van der Waals surface area contributed by atoms with Crippen LogP contribution >= 0.6 is 0 Å². The molecule has 186 valence electrons. The summed E-state index contributed by atoms with van der Waals surface area (Å²) in [5.41, 5.74) is 2.32. The zero-order valence-corrected chi connectivity index (χ0v) is 19.7. The number of methoxy groups -OCH3 is 1. The van der Waals surface area contributed by atoms with E-state index in [0.29, 0.717) is 41.5 Å². The summed E-state index contributed by atoms with van der Waals surface area (Å²) >= 11 is 0. The van der Waals surface area contributed by atoms with Crippen LogP contribution in [0.15, 0.2) is 42.7 Å². The maximum atomic E-state index is 14.7. The molecule has 36 heavy (non-hydrogen) atoms. The summed E-state index contributed by atoms with van der Waals surface area (Å²) in [4.78, 5) is 21.5. The molecule has 2 aromatic carbocycles. The third-order valence-electron chi connectivity index (χ3n) is 6.05. The van der Waals surface area contributed by atoms with E-state index in [4.69, 9.17) is 9.47 Å². The second kappa shape index (κ2) is 9.86. The van der Waals surface area contributed by atoms with Crippen LogP contribution in [0.5, 0.6) is 5.75 Å². The van der Waals surface area contributed by atoms with Gasteiger partial charge in [0, 0.05) is 43.1 Å². The molecule has 4 aromatic rings. The van der Waals surface area contributed by atoms with E-state index in [9.17, 15) is 13.6 Å². The Morgan fingerprint density at radius 2 is 2.08 bits per heavy atom. The lowest BCUT2D eigenvalue weighted by Crippen LogP contribution is -2.23. The summed E-state index contributed by atoms with van der Waals surface area (Å²) in [6, 6.07) is 7.36. The third-order valence-corrected chi connectivity index (χ3v) is 6.05. The Kier molecular flexibility index (Phi) is 6.47. The van der Waals surface area contributed by atoms with Gasteiger partial charge >= 0.3 is 0 Å². The van der Waals surface area contributed by atoms with Gasteiger partial charge in [-0.15, -0.1) is 0 Å². The SMILES string of the molecule is COc1ccc(-c2c(CNC(=O)c3cc(F)c4cnc(N[C@@H]5CCOC5)nc4c3)cnn2C)cc1F. The first-order valence-corrected chi connectivity index (χ1v) is 11.4. The molecule has 11 heteroatoms. The normalized spacial score (nSPS) is 15.3. The zero-order valence-electron chi connectivity index (χ0n) is 19.7. The number of halogens is 2. The van der Waals surface area contributed by atoms with Gasteiger partial charge in [-0.05, 0) is 36.8 Å². The molecule has 0 unspecified atom stereocenters. The van der Waals surface area contributed by atoms with Crippen molar-refractivity contribution >= 4 is 22.8 Å². The van der Waals surface area contributed by atoms with Gasteiger partial charge in [0.25, 0.3) is 5.91 Å². The van der Waals surface area contributed by atoms with Crippen molar-refractivity contribution in [3.05, 3.63) is 65.5 Å². The molecule has 5 rings (SSSR count). The second-order valence-corrected chi connectivity index (χ2v) is 8.46. The smallest absolute Gasteiger partial charge is 0.251 e. The predicted molar refractivity (Wildman–Crippen MR) is 129 cm³/mol. The first kappa shape index (κ1) is 23.6. The molecule has 2 N–H and O–H groups in total.